The summed E-state index contributed by atoms with van der Waals surface area (Å²) >= 11 is 0. The molecule has 0 radical (unpaired) electrons. The standard InChI is InChI=1S/C20H26O6/c1-10-7-18-8-11(10)3-4-12(18)20-6-5-13(22)19(9-21,17(24)26-20)15(20)14(18)16(23)25-2/h11-15,21-22H,1,3-9H2,2H3/t11-,12-,13+,14-,15-,18+,19+,20-/m1/s1. The molecule has 4 aliphatic carbocycles. The van der Waals surface area contributed by atoms with Crippen LogP contribution in [0.2, 0.25) is 0 Å². The summed E-state index contributed by atoms with van der Waals surface area (Å²) in [7, 11) is 1.37. The lowest BCUT2D eigenvalue weighted by molar-refractivity contribution is -0.167. The number of allylic oxidation sites excluding steroid dienone is 1. The molecule has 1 aliphatic heterocycles. The highest BCUT2D eigenvalue weighted by atomic mass is 16.6. The number of esters is 2. The van der Waals surface area contributed by atoms with Gasteiger partial charge in [0, 0.05) is 11.8 Å². The normalized spacial score (nSPS) is 53.9. The molecule has 0 aromatic heterocycles. The second kappa shape index (κ2) is 4.90. The predicted octanol–water partition coefficient (Wildman–Crippen LogP) is 1.20. The fraction of sp³-hybridized carbons (Fsp3) is 0.800. The molecule has 8 atom stereocenters. The Kier molecular flexibility index (Phi) is 3.16. The average Bonchev–Trinajstić information content (AvgIpc) is 3.09. The predicted molar refractivity (Wildman–Crippen MR) is 89.6 cm³/mol. The van der Waals surface area contributed by atoms with E-state index in [9.17, 15) is 19.8 Å². The molecule has 0 amide bonds. The van der Waals surface area contributed by atoms with Gasteiger partial charge in [0.2, 0.25) is 0 Å². The number of rotatable bonds is 2. The van der Waals surface area contributed by atoms with Crippen molar-refractivity contribution in [1.29, 1.82) is 0 Å². The van der Waals surface area contributed by atoms with Crippen LogP contribution in [0.4, 0.5) is 0 Å². The Morgan fingerprint density at radius 3 is 2.85 bits per heavy atom. The van der Waals surface area contributed by atoms with Crippen molar-refractivity contribution in [1.82, 2.24) is 0 Å². The quantitative estimate of drug-likeness (QED) is 0.566. The van der Waals surface area contributed by atoms with Crippen LogP contribution in [0.15, 0.2) is 12.2 Å². The van der Waals surface area contributed by atoms with Crippen LogP contribution in [0.3, 0.4) is 0 Å². The molecule has 26 heavy (non-hydrogen) atoms. The van der Waals surface area contributed by atoms with Gasteiger partial charge in [-0.25, -0.2) is 0 Å². The monoisotopic (exact) mass is 362 g/mol. The first-order chi connectivity index (χ1) is 12.4. The molecule has 5 aliphatic rings. The Morgan fingerprint density at radius 1 is 1.38 bits per heavy atom. The van der Waals surface area contributed by atoms with Crippen LogP contribution < -0.4 is 0 Å². The van der Waals surface area contributed by atoms with Crippen molar-refractivity contribution in [2.24, 2.45) is 34.5 Å². The van der Waals surface area contributed by atoms with Gasteiger partial charge >= 0.3 is 11.9 Å². The van der Waals surface area contributed by atoms with Gasteiger partial charge in [-0.3, -0.25) is 9.59 Å². The second-order valence-electron chi connectivity index (χ2n) is 9.18. The van der Waals surface area contributed by atoms with Crippen molar-refractivity contribution >= 4 is 11.9 Å². The zero-order chi connectivity index (χ0) is 18.5. The fourth-order valence-corrected chi connectivity index (χ4v) is 7.86. The first kappa shape index (κ1) is 16.8. The summed E-state index contributed by atoms with van der Waals surface area (Å²) in [6, 6.07) is 0. The maximum absolute atomic E-state index is 13.0. The van der Waals surface area contributed by atoms with Crippen molar-refractivity contribution in [3.63, 3.8) is 0 Å². The molecule has 0 unspecified atom stereocenters. The van der Waals surface area contributed by atoms with E-state index in [2.05, 4.69) is 6.58 Å². The maximum atomic E-state index is 13.0. The van der Waals surface area contributed by atoms with Gasteiger partial charge in [0.05, 0.1) is 25.7 Å². The van der Waals surface area contributed by atoms with Crippen molar-refractivity contribution in [3.8, 4) is 0 Å². The molecule has 1 heterocycles. The molecule has 6 nitrogen and oxygen atoms in total. The number of aliphatic hydroxyl groups is 2. The molecule has 2 N–H and O–H groups in total. The number of hydrogen-bond donors (Lipinski definition) is 2. The molecular weight excluding hydrogens is 336 g/mol. The number of ether oxygens (including phenoxy) is 2. The van der Waals surface area contributed by atoms with E-state index in [1.165, 1.54) is 12.7 Å². The van der Waals surface area contributed by atoms with Crippen molar-refractivity contribution in [2.75, 3.05) is 13.7 Å². The molecular formula is C20H26O6. The van der Waals surface area contributed by atoms with E-state index in [0.717, 1.165) is 25.7 Å². The van der Waals surface area contributed by atoms with E-state index in [1.807, 2.05) is 0 Å². The van der Waals surface area contributed by atoms with Gasteiger partial charge in [0.25, 0.3) is 0 Å². The Hall–Kier alpha value is -1.40. The summed E-state index contributed by atoms with van der Waals surface area (Å²) < 4.78 is 11.2. The number of fused-ring (bicyclic) bond motifs is 1. The molecule has 6 heteroatoms. The van der Waals surface area contributed by atoms with Gasteiger partial charge in [0.15, 0.2) is 0 Å². The van der Waals surface area contributed by atoms with Gasteiger partial charge < -0.3 is 19.7 Å². The Labute approximate surface area is 152 Å². The van der Waals surface area contributed by atoms with Crippen LogP contribution in [-0.4, -0.2) is 47.6 Å². The van der Waals surface area contributed by atoms with Crippen LogP contribution in [0.25, 0.3) is 0 Å². The average molecular weight is 362 g/mol. The van der Waals surface area contributed by atoms with E-state index >= 15 is 0 Å². The number of carbonyl (C=O) groups is 2. The van der Waals surface area contributed by atoms with Crippen LogP contribution in [0.5, 0.6) is 0 Å². The van der Waals surface area contributed by atoms with Crippen molar-refractivity contribution < 1.29 is 29.3 Å². The van der Waals surface area contributed by atoms with E-state index in [1.54, 1.807) is 0 Å². The molecule has 0 aromatic carbocycles. The Bertz CT molecular complexity index is 717. The summed E-state index contributed by atoms with van der Waals surface area (Å²) in [6.07, 6.45) is 3.46. The highest BCUT2D eigenvalue weighted by molar-refractivity contribution is 5.86. The molecule has 4 bridgehead atoms. The van der Waals surface area contributed by atoms with E-state index < -0.39 is 41.5 Å². The molecule has 1 spiro atoms. The van der Waals surface area contributed by atoms with Crippen LogP contribution in [0, 0.1) is 34.5 Å². The molecule has 0 aromatic rings. The Morgan fingerprint density at radius 2 is 2.15 bits per heavy atom. The maximum Gasteiger partial charge on any atom is 0.318 e. The number of hydrogen-bond acceptors (Lipinski definition) is 6. The molecule has 5 rings (SSSR count). The lowest BCUT2D eigenvalue weighted by Crippen LogP contribution is -2.56. The summed E-state index contributed by atoms with van der Waals surface area (Å²) in [5, 5.41) is 21.0. The van der Waals surface area contributed by atoms with Gasteiger partial charge in [-0.15, -0.1) is 0 Å². The van der Waals surface area contributed by atoms with E-state index in [4.69, 9.17) is 9.47 Å². The molecule has 4 saturated carbocycles. The highest BCUT2D eigenvalue weighted by Gasteiger charge is 2.84. The summed E-state index contributed by atoms with van der Waals surface area (Å²) in [5.41, 5.74) is -1.34. The minimum absolute atomic E-state index is 0.0597. The van der Waals surface area contributed by atoms with E-state index in [0.29, 0.717) is 18.8 Å². The third kappa shape index (κ3) is 1.51. The van der Waals surface area contributed by atoms with Crippen LogP contribution in [-0.2, 0) is 19.1 Å². The summed E-state index contributed by atoms with van der Waals surface area (Å²) in [5.74, 6) is -1.50. The lowest BCUT2D eigenvalue weighted by atomic mass is 9.58. The Balaban J connectivity index is 1.76. The number of methoxy groups -OCH3 is 1. The number of carbonyl (C=O) groups excluding carboxylic acids is 2. The first-order valence-electron chi connectivity index (χ1n) is 9.65. The third-order valence-electron chi connectivity index (χ3n) is 8.66. The zero-order valence-corrected chi connectivity index (χ0v) is 15.1. The smallest absolute Gasteiger partial charge is 0.318 e. The van der Waals surface area contributed by atoms with Crippen molar-refractivity contribution in [3.05, 3.63) is 12.2 Å². The lowest BCUT2D eigenvalue weighted by Gasteiger charge is -2.44. The largest absolute Gasteiger partial charge is 0.469 e. The van der Waals surface area contributed by atoms with Gasteiger partial charge in [-0.2, -0.15) is 0 Å². The topological polar surface area (TPSA) is 93.1 Å². The van der Waals surface area contributed by atoms with Gasteiger partial charge in [-0.1, -0.05) is 12.2 Å². The van der Waals surface area contributed by atoms with Gasteiger partial charge in [0.1, 0.15) is 11.0 Å². The second-order valence-corrected chi connectivity index (χ2v) is 9.18. The van der Waals surface area contributed by atoms with E-state index in [-0.39, 0.29) is 17.3 Å². The first-order valence-corrected chi connectivity index (χ1v) is 9.65. The van der Waals surface area contributed by atoms with Crippen LogP contribution in [0.1, 0.15) is 38.5 Å². The molecule has 1 saturated heterocycles. The van der Waals surface area contributed by atoms with Crippen molar-refractivity contribution in [2.45, 2.75) is 50.2 Å². The third-order valence-corrected chi connectivity index (χ3v) is 8.66. The highest BCUT2D eigenvalue weighted by Crippen LogP contribution is 2.77. The van der Waals surface area contributed by atoms with Gasteiger partial charge in [-0.05, 0) is 49.9 Å². The SMILES string of the molecule is C=C1C[C@]23C[C@H]1CC[C@H]2[C@@]12CC[C@H](O)[C@](CO)(C(=O)O1)[C@H]2[C@@H]3C(=O)OC. The fourth-order valence-electron chi connectivity index (χ4n) is 7.86. The minimum atomic E-state index is -1.41. The summed E-state index contributed by atoms with van der Waals surface area (Å²) in [4.78, 5) is 25.9. The molecule has 5 fully saturated rings. The molecule has 142 valence electrons. The van der Waals surface area contributed by atoms with Crippen LogP contribution >= 0.6 is 0 Å². The number of aliphatic hydroxyl groups excluding tert-OH is 2. The zero-order valence-electron chi connectivity index (χ0n) is 15.1. The summed E-state index contributed by atoms with van der Waals surface area (Å²) in [6.45, 7) is 3.76. The minimum Gasteiger partial charge on any atom is -0.469 e.